The molecule has 0 N–H and O–H groups in total. The molecule has 0 spiro atoms. The monoisotopic (exact) mass is 497 g/mol. The first-order valence-electron chi connectivity index (χ1n) is 10.7. The Morgan fingerprint density at radius 2 is 1.85 bits per heavy atom. The fourth-order valence-electron chi connectivity index (χ4n) is 3.41. The summed E-state index contributed by atoms with van der Waals surface area (Å²) in [7, 11) is 0. The van der Waals surface area contributed by atoms with E-state index in [1.54, 1.807) is 12.1 Å². The highest BCUT2D eigenvalue weighted by Crippen LogP contribution is 2.29. The third-order valence-electron chi connectivity index (χ3n) is 5.28. The third kappa shape index (κ3) is 5.85. The van der Waals surface area contributed by atoms with Gasteiger partial charge in [0.1, 0.15) is 12.4 Å². The molecule has 0 saturated carbocycles. The number of hydrogen-bond acceptors (Lipinski definition) is 6. The molecule has 2 aromatic carbocycles. The normalized spacial score (nSPS) is 12.0. The molecule has 33 heavy (non-hydrogen) atoms. The van der Waals surface area contributed by atoms with Crippen LogP contribution >= 0.6 is 34.7 Å². The first-order chi connectivity index (χ1) is 16.0. The van der Waals surface area contributed by atoms with Crippen LogP contribution in [0.4, 0.5) is 0 Å². The lowest BCUT2D eigenvalue weighted by molar-refractivity contribution is 0.102. The molecular weight excluding hydrogens is 474 g/mol. The summed E-state index contributed by atoms with van der Waals surface area (Å²) in [5.74, 6) is 1.77. The number of nitrogens with zero attached hydrogens (tertiary/aromatic N) is 3. The number of ketones is 1. The van der Waals surface area contributed by atoms with Crippen LogP contribution in [-0.2, 0) is 13.0 Å². The summed E-state index contributed by atoms with van der Waals surface area (Å²) in [4.78, 5) is 13.2. The van der Waals surface area contributed by atoms with Crippen molar-refractivity contribution in [3.63, 3.8) is 0 Å². The van der Waals surface area contributed by atoms with E-state index in [0.717, 1.165) is 17.7 Å². The number of Topliss-reactive ketones (excluding diaryl/α,β-unsaturated/α-hetero) is 1. The van der Waals surface area contributed by atoms with Crippen molar-refractivity contribution >= 4 is 40.5 Å². The van der Waals surface area contributed by atoms with Crippen molar-refractivity contribution < 1.29 is 9.53 Å². The van der Waals surface area contributed by atoms with Gasteiger partial charge in [0.2, 0.25) is 0 Å². The average molecular weight is 498 g/mol. The van der Waals surface area contributed by atoms with Gasteiger partial charge in [-0.2, -0.15) is 0 Å². The summed E-state index contributed by atoms with van der Waals surface area (Å²) >= 11 is 8.65. The largest absolute Gasteiger partial charge is 0.486 e. The number of thiophene rings is 1. The number of aryl methyl sites for hydroxylation is 1. The van der Waals surface area contributed by atoms with Crippen molar-refractivity contribution in [3.05, 3.63) is 92.9 Å². The van der Waals surface area contributed by atoms with E-state index in [2.05, 4.69) is 52.9 Å². The van der Waals surface area contributed by atoms with Crippen LogP contribution in [0, 0.1) is 0 Å². The standard InChI is InChI=1S/C25H24ClN3O2S2/c1-3-18-9-11-20(12-10-18)31-15-24-27-28-25(29(24)17(2)19-7-5-4-6-8-19)32-16-21(30)22-13-14-23(26)33-22/h4-14,17H,3,15-16H2,1-2H3/t17-/m1/s1. The zero-order valence-corrected chi connectivity index (χ0v) is 20.8. The van der Waals surface area contributed by atoms with Gasteiger partial charge in [0.25, 0.3) is 0 Å². The van der Waals surface area contributed by atoms with E-state index in [1.807, 2.05) is 30.3 Å². The number of hydrogen-bond donors (Lipinski definition) is 0. The first-order valence-corrected chi connectivity index (χ1v) is 12.8. The predicted octanol–water partition coefficient (Wildman–Crippen LogP) is 6.72. The fourth-order valence-corrected chi connectivity index (χ4v) is 5.40. The molecule has 4 rings (SSSR count). The number of carbonyl (C=O) groups is 1. The predicted molar refractivity (Wildman–Crippen MR) is 135 cm³/mol. The molecule has 8 heteroatoms. The maximum atomic E-state index is 12.6. The Balaban J connectivity index is 1.55. The van der Waals surface area contributed by atoms with Crippen LogP contribution in [0.2, 0.25) is 4.34 Å². The lowest BCUT2D eigenvalue weighted by Gasteiger charge is -2.18. The number of halogens is 1. The molecule has 0 unspecified atom stereocenters. The number of benzene rings is 2. The molecule has 0 amide bonds. The molecule has 0 saturated heterocycles. The van der Waals surface area contributed by atoms with E-state index in [9.17, 15) is 4.79 Å². The molecule has 0 aliphatic carbocycles. The van der Waals surface area contributed by atoms with Crippen LogP contribution in [0.3, 0.4) is 0 Å². The quantitative estimate of drug-likeness (QED) is 0.180. The van der Waals surface area contributed by atoms with Crippen LogP contribution in [0.5, 0.6) is 5.75 Å². The van der Waals surface area contributed by atoms with Crippen LogP contribution in [0.25, 0.3) is 0 Å². The van der Waals surface area contributed by atoms with Crippen LogP contribution in [-0.4, -0.2) is 26.3 Å². The van der Waals surface area contributed by atoms with Gasteiger partial charge in [-0.25, -0.2) is 0 Å². The third-order valence-corrected chi connectivity index (χ3v) is 7.50. The summed E-state index contributed by atoms with van der Waals surface area (Å²) in [6, 6.07) is 21.7. The Hall–Kier alpha value is -2.61. The number of ether oxygens (including phenoxy) is 1. The number of thioether (sulfide) groups is 1. The molecule has 0 bridgehead atoms. The van der Waals surface area contributed by atoms with E-state index in [1.165, 1.54) is 28.7 Å². The molecule has 4 aromatic rings. The summed E-state index contributed by atoms with van der Waals surface area (Å²) in [6.07, 6.45) is 0.986. The highest BCUT2D eigenvalue weighted by Gasteiger charge is 2.21. The van der Waals surface area contributed by atoms with Gasteiger partial charge in [-0.15, -0.1) is 21.5 Å². The Morgan fingerprint density at radius 1 is 1.09 bits per heavy atom. The molecule has 2 heterocycles. The van der Waals surface area contributed by atoms with Gasteiger partial charge in [-0.1, -0.05) is 72.8 Å². The lowest BCUT2D eigenvalue weighted by Crippen LogP contribution is -2.14. The average Bonchev–Trinajstić information content (AvgIpc) is 3.47. The van der Waals surface area contributed by atoms with Gasteiger partial charge in [0.05, 0.1) is 21.0 Å². The van der Waals surface area contributed by atoms with Crippen molar-refractivity contribution in [2.24, 2.45) is 0 Å². The molecule has 0 radical (unpaired) electrons. The lowest BCUT2D eigenvalue weighted by atomic mass is 10.1. The molecule has 0 aliphatic heterocycles. The van der Waals surface area contributed by atoms with Crippen molar-refractivity contribution in [1.29, 1.82) is 0 Å². The van der Waals surface area contributed by atoms with Crippen molar-refractivity contribution in [3.8, 4) is 5.75 Å². The van der Waals surface area contributed by atoms with Crippen molar-refractivity contribution in [2.45, 2.75) is 38.1 Å². The van der Waals surface area contributed by atoms with Gasteiger partial charge >= 0.3 is 0 Å². The second-order valence-electron chi connectivity index (χ2n) is 7.46. The Morgan fingerprint density at radius 3 is 2.52 bits per heavy atom. The zero-order valence-electron chi connectivity index (χ0n) is 18.4. The molecular formula is C25H24ClN3O2S2. The SMILES string of the molecule is CCc1ccc(OCc2nnc(SCC(=O)c3ccc(Cl)s3)n2[C@H](C)c2ccccc2)cc1. The summed E-state index contributed by atoms with van der Waals surface area (Å²) < 4.78 is 8.67. The van der Waals surface area contributed by atoms with Crippen molar-refractivity contribution in [2.75, 3.05) is 5.75 Å². The van der Waals surface area contributed by atoms with E-state index in [4.69, 9.17) is 16.3 Å². The molecule has 0 aliphatic rings. The van der Waals surface area contributed by atoms with E-state index >= 15 is 0 Å². The molecule has 5 nitrogen and oxygen atoms in total. The molecule has 0 fully saturated rings. The molecule has 2 aromatic heterocycles. The minimum atomic E-state index is -0.0175. The minimum Gasteiger partial charge on any atom is -0.486 e. The summed E-state index contributed by atoms with van der Waals surface area (Å²) in [6.45, 7) is 4.51. The van der Waals surface area contributed by atoms with Gasteiger partial charge < -0.3 is 4.74 Å². The van der Waals surface area contributed by atoms with E-state index in [-0.39, 0.29) is 24.2 Å². The highest BCUT2D eigenvalue weighted by atomic mass is 35.5. The summed E-state index contributed by atoms with van der Waals surface area (Å²) in [5, 5.41) is 9.48. The fraction of sp³-hybridized carbons (Fsp3) is 0.240. The van der Waals surface area contributed by atoms with Crippen LogP contribution < -0.4 is 4.74 Å². The second kappa shape index (κ2) is 11.0. The molecule has 1 atom stereocenters. The van der Waals surface area contributed by atoms with Crippen LogP contribution in [0.1, 0.15) is 46.5 Å². The minimum absolute atomic E-state index is 0.0175. The Kier molecular flexibility index (Phi) is 7.85. The van der Waals surface area contributed by atoms with Crippen molar-refractivity contribution in [1.82, 2.24) is 14.8 Å². The first kappa shape index (κ1) is 23.5. The van der Waals surface area contributed by atoms with E-state index in [0.29, 0.717) is 20.2 Å². The second-order valence-corrected chi connectivity index (χ2v) is 10.1. The topological polar surface area (TPSA) is 57.0 Å². The Labute approximate surface area is 206 Å². The maximum absolute atomic E-state index is 12.6. The number of rotatable bonds is 10. The van der Waals surface area contributed by atoms with Gasteiger partial charge in [-0.05, 0) is 48.7 Å². The number of carbonyl (C=O) groups excluding carboxylic acids is 1. The maximum Gasteiger partial charge on any atom is 0.192 e. The van der Waals surface area contributed by atoms with E-state index < -0.39 is 0 Å². The Bertz CT molecular complexity index is 1210. The molecule has 170 valence electrons. The highest BCUT2D eigenvalue weighted by molar-refractivity contribution is 7.99. The summed E-state index contributed by atoms with van der Waals surface area (Å²) in [5.41, 5.74) is 2.39. The van der Waals surface area contributed by atoms with Gasteiger partial charge in [0, 0.05) is 0 Å². The van der Waals surface area contributed by atoms with Gasteiger partial charge in [0.15, 0.2) is 16.8 Å². The number of aromatic nitrogens is 3. The smallest absolute Gasteiger partial charge is 0.192 e. The zero-order chi connectivity index (χ0) is 23.2. The van der Waals surface area contributed by atoms with Crippen LogP contribution in [0.15, 0.2) is 71.9 Å². The van der Waals surface area contributed by atoms with Gasteiger partial charge in [-0.3, -0.25) is 9.36 Å².